The third-order valence-electron chi connectivity index (χ3n) is 6.26. The predicted molar refractivity (Wildman–Crippen MR) is 116 cm³/mol. The van der Waals surface area contributed by atoms with Gasteiger partial charge in [0, 0.05) is 32.1 Å². The second-order valence-corrected chi connectivity index (χ2v) is 10.3. The highest BCUT2D eigenvalue weighted by molar-refractivity contribution is 7.88. The van der Waals surface area contributed by atoms with Crippen LogP contribution < -0.4 is 4.74 Å². The summed E-state index contributed by atoms with van der Waals surface area (Å²) in [7, 11) is -3.30. The van der Waals surface area contributed by atoms with Gasteiger partial charge in [0.1, 0.15) is 5.75 Å². The van der Waals surface area contributed by atoms with Crippen LogP contribution >= 0.6 is 0 Å². The van der Waals surface area contributed by atoms with Gasteiger partial charge in [-0.15, -0.1) is 0 Å². The Morgan fingerprint density at radius 1 is 1.10 bits per heavy atom. The summed E-state index contributed by atoms with van der Waals surface area (Å²) in [5.74, 6) is 1.47. The molecule has 0 bridgehead atoms. The molecule has 0 saturated carbocycles. The number of piperidine rings is 1. The summed E-state index contributed by atoms with van der Waals surface area (Å²) in [6, 6.07) is 13.1. The van der Waals surface area contributed by atoms with Crippen LogP contribution in [0.3, 0.4) is 0 Å². The quantitative estimate of drug-likeness (QED) is 0.671. The summed E-state index contributed by atoms with van der Waals surface area (Å²) < 4.78 is 39.3. The van der Waals surface area contributed by atoms with E-state index in [1.165, 1.54) is 0 Å². The first-order chi connectivity index (χ1) is 14.5. The number of pyridine rings is 1. The minimum Gasteiger partial charge on any atom is -0.493 e. The largest absolute Gasteiger partial charge is 0.493 e. The fraction of sp³-hybridized carbons (Fsp3) is 0.522. The van der Waals surface area contributed by atoms with Crippen molar-refractivity contribution in [2.75, 3.05) is 26.3 Å². The highest BCUT2D eigenvalue weighted by atomic mass is 32.2. The van der Waals surface area contributed by atoms with Crippen LogP contribution in [-0.2, 0) is 20.5 Å². The molecule has 1 aromatic heterocycles. The molecule has 3 heterocycles. The van der Waals surface area contributed by atoms with Crippen LogP contribution in [0.15, 0.2) is 54.9 Å². The van der Waals surface area contributed by atoms with Crippen molar-refractivity contribution in [3.63, 3.8) is 0 Å². The topological polar surface area (TPSA) is 68.7 Å². The molecule has 1 spiro atoms. The monoisotopic (exact) mass is 430 g/mol. The van der Waals surface area contributed by atoms with Crippen molar-refractivity contribution in [3.05, 3.63) is 60.4 Å². The minimum absolute atomic E-state index is 0.0661. The lowest BCUT2D eigenvalue weighted by Crippen LogP contribution is -2.51. The Morgan fingerprint density at radius 2 is 1.83 bits per heavy atom. The van der Waals surface area contributed by atoms with E-state index in [1.54, 1.807) is 16.7 Å². The Hall–Kier alpha value is -1.96. The van der Waals surface area contributed by atoms with Crippen molar-refractivity contribution >= 4 is 10.0 Å². The van der Waals surface area contributed by atoms with E-state index in [4.69, 9.17) is 9.47 Å². The molecule has 0 radical (unpaired) electrons. The van der Waals surface area contributed by atoms with Crippen molar-refractivity contribution in [3.8, 4) is 5.75 Å². The van der Waals surface area contributed by atoms with E-state index in [1.807, 2.05) is 42.5 Å². The summed E-state index contributed by atoms with van der Waals surface area (Å²) in [4.78, 5) is 4.00. The van der Waals surface area contributed by atoms with Crippen molar-refractivity contribution in [1.82, 2.24) is 9.29 Å². The summed E-state index contributed by atoms with van der Waals surface area (Å²) >= 11 is 0. The molecule has 1 atom stereocenters. The number of aromatic nitrogens is 1. The molecule has 4 rings (SSSR count). The van der Waals surface area contributed by atoms with Gasteiger partial charge in [0.25, 0.3) is 0 Å². The molecule has 6 nitrogen and oxygen atoms in total. The third-order valence-corrected chi connectivity index (χ3v) is 8.11. The average Bonchev–Trinajstić information content (AvgIpc) is 2.75. The maximum Gasteiger partial charge on any atom is 0.218 e. The Labute approximate surface area is 179 Å². The highest BCUT2D eigenvalue weighted by Crippen LogP contribution is 2.39. The van der Waals surface area contributed by atoms with Crippen LogP contribution in [0.5, 0.6) is 5.75 Å². The van der Waals surface area contributed by atoms with Crippen LogP contribution in [0.2, 0.25) is 0 Å². The molecular weight excluding hydrogens is 400 g/mol. The van der Waals surface area contributed by atoms with Gasteiger partial charge >= 0.3 is 0 Å². The maximum atomic E-state index is 12.8. The van der Waals surface area contributed by atoms with Gasteiger partial charge in [0.05, 0.1) is 18.0 Å². The first-order valence-electron chi connectivity index (χ1n) is 10.7. The smallest absolute Gasteiger partial charge is 0.218 e. The molecule has 1 aromatic carbocycles. The SMILES string of the molecule is O=S(=O)(Cc1ccccc1)N1CCC2(CC1)CC(CCOc1ccncc1)CCO2. The molecule has 2 fully saturated rings. The zero-order valence-electron chi connectivity index (χ0n) is 17.3. The average molecular weight is 431 g/mol. The van der Waals surface area contributed by atoms with Gasteiger partial charge in [-0.25, -0.2) is 12.7 Å². The zero-order chi connectivity index (χ0) is 20.9. The van der Waals surface area contributed by atoms with Crippen molar-refractivity contribution in [2.24, 2.45) is 5.92 Å². The summed E-state index contributed by atoms with van der Waals surface area (Å²) in [6.45, 7) is 2.50. The number of benzene rings is 1. The normalized spacial score (nSPS) is 22.1. The van der Waals surface area contributed by atoms with Crippen LogP contribution in [0.4, 0.5) is 0 Å². The molecule has 2 aliphatic rings. The van der Waals surface area contributed by atoms with Crippen LogP contribution in [0.25, 0.3) is 0 Å². The predicted octanol–water partition coefficient (Wildman–Crippen LogP) is 3.64. The molecule has 7 heteroatoms. The minimum atomic E-state index is -3.30. The summed E-state index contributed by atoms with van der Waals surface area (Å²) in [5.41, 5.74) is 0.652. The summed E-state index contributed by atoms with van der Waals surface area (Å²) in [6.07, 6.45) is 8.02. The number of hydrogen-bond acceptors (Lipinski definition) is 5. The Balaban J connectivity index is 1.27. The third kappa shape index (κ3) is 5.39. The van der Waals surface area contributed by atoms with Crippen LogP contribution in [0, 0.1) is 5.92 Å². The Bertz CT molecular complexity index is 897. The first kappa shape index (κ1) is 21.3. The maximum absolute atomic E-state index is 12.8. The second kappa shape index (κ2) is 9.45. The second-order valence-electron chi connectivity index (χ2n) is 8.35. The molecule has 0 aliphatic carbocycles. The number of sulfonamides is 1. The van der Waals surface area contributed by atoms with Gasteiger partial charge in [-0.3, -0.25) is 4.98 Å². The van der Waals surface area contributed by atoms with Crippen molar-refractivity contribution < 1.29 is 17.9 Å². The molecule has 2 saturated heterocycles. The lowest BCUT2D eigenvalue weighted by Gasteiger charge is -2.46. The van der Waals surface area contributed by atoms with Crippen molar-refractivity contribution in [2.45, 2.75) is 43.5 Å². The molecule has 162 valence electrons. The van der Waals surface area contributed by atoms with Gasteiger partial charge in [-0.1, -0.05) is 30.3 Å². The molecule has 30 heavy (non-hydrogen) atoms. The van der Waals surface area contributed by atoms with Gasteiger partial charge in [0.15, 0.2) is 0 Å². The summed E-state index contributed by atoms with van der Waals surface area (Å²) in [5, 5.41) is 0. The van der Waals surface area contributed by atoms with E-state index in [-0.39, 0.29) is 11.4 Å². The van der Waals surface area contributed by atoms with Gasteiger partial charge in [-0.2, -0.15) is 0 Å². The Morgan fingerprint density at radius 3 is 2.57 bits per heavy atom. The van der Waals surface area contributed by atoms with Gasteiger partial charge in [0.2, 0.25) is 10.0 Å². The van der Waals surface area contributed by atoms with Crippen molar-refractivity contribution in [1.29, 1.82) is 0 Å². The molecule has 1 unspecified atom stereocenters. The van der Waals surface area contributed by atoms with Crippen LogP contribution in [-0.4, -0.2) is 49.6 Å². The molecule has 0 N–H and O–H groups in total. The van der Waals surface area contributed by atoms with E-state index in [0.717, 1.165) is 50.0 Å². The number of hydrogen-bond donors (Lipinski definition) is 0. The number of nitrogens with zero attached hydrogens (tertiary/aromatic N) is 2. The molecule has 2 aromatic rings. The van der Waals surface area contributed by atoms with E-state index < -0.39 is 10.0 Å². The fourth-order valence-electron chi connectivity index (χ4n) is 4.55. The van der Waals surface area contributed by atoms with E-state index in [2.05, 4.69) is 4.98 Å². The standard InChI is InChI=1S/C23H30N2O4S/c26-30(27,19-21-4-2-1-3-5-21)25-14-10-23(11-15-25)18-20(9-17-29-23)8-16-28-22-6-12-24-13-7-22/h1-7,12-13,20H,8-11,14-19H2. The highest BCUT2D eigenvalue weighted by Gasteiger charge is 2.42. The Kier molecular flexibility index (Phi) is 6.71. The first-order valence-corrected chi connectivity index (χ1v) is 12.3. The van der Waals surface area contributed by atoms with Crippen LogP contribution in [0.1, 0.15) is 37.7 Å². The number of ether oxygens (including phenoxy) is 2. The molecule has 2 aliphatic heterocycles. The molecule has 0 amide bonds. The van der Waals surface area contributed by atoms with E-state index >= 15 is 0 Å². The van der Waals surface area contributed by atoms with Gasteiger partial charge < -0.3 is 9.47 Å². The fourth-order valence-corrected chi connectivity index (χ4v) is 6.09. The van der Waals surface area contributed by atoms with E-state index in [0.29, 0.717) is 25.6 Å². The lowest BCUT2D eigenvalue weighted by molar-refractivity contribution is -0.122. The van der Waals surface area contributed by atoms with Gasteiger partial charge in [-0.05, 0) is 55.7 Å². The lowest BCUT2D eigenvalue weighted by atomic mass is 9.79. The number of rotatable bonds is 7. The molecular formula is C23H30N2O4S. The van der Waals surface area contributed by atoms with E-state index in [9.17, 15) is 8.42 Å². The zero-order valence-corrected chi connectivity index (χ0v) is 18.1.